The van der Waals surface area contributed by atoms with Gasteiger partial charge in [0, 0.05) is 43.3 Å². The fraction of sp³-hybridized carbons (Fsp3) is 0.480. The number of rotatable bonds is 2. The number of hydrogen-bond donors (Lipinski definition) is 5. The van der Waals surface area contributed by atoms with Crippen LogP contribution < -0.4 is 10.6 Å². The van der Waals surface area contributed by atoms with Crippen molar-refractivity contribution in [1.29, 1.82) is 0 Å². The van der Waals surface area contributed by atoms with Gasteiger partial charge in [0.25, 0.3) is 5.91 Å². The van der Waals surface area contributed by atoms with Crippen LogP contribution in [0, 0.1) is 11.8 Å². The summed E-state index contributed by atoms with van der Waals surface area (Å²) in [6, 6.07) is 1.87. The Balaban J connectivity index is 2.00. The van der Waals surface area contributed by atoms with E-state index in [1.165, 1.54) is 0 Å². The number of ketones is 2. The molecule has 4 rings (SSSR count). The second-order valence-electron chi connectivity index (χ2n) is 10.7. The fourth-order valence-electron chi connectivity index (χ4n) is 5.64. The molecule has 0 spiro atoms. The van der Waals surface area contributed by atoms with Crippen molar-refractivity contribution in [2.24, 2.45) is 17.6 Å². The number of aliphatic hydroxyl groups excluding tert-OH is 2. The van der Waals surface area contributed by atoms with E-state index in [9.17, 15) is 34.8 Å². The molecule has 0 aromatic heterocycles. The summed E-state index contributed by atoms with van der Waals surface area (Å²) in [5.74, 6) is -6.20. The quantitative estimate of drug-likeness (QED) is 0.409. The van der Waals surface area contributed by atoms with Crippen molar-refractivity contribution in [2.75, 3.05) is 19.0 Å². The Hall–Kier alpha value is -3.33. The van der Waals surface area contributed by atoms with Crippen LogP contribution in [-0.2, 0) is 26.2 Å². The first-order chi connectivity index (χ1) is 15.6. The molecule has 6 N–H and O–H groups in total. The highest BCUT2D eigenvalue weighted by Gasteiger charge is 2.60. The van der Waals surface area contributed by atoms with Gasteiger partial charge >= 0.3 is 0 Å². The number of nitrogens with zero attached hydrogens (tertiary/aromatic N) is 1. The molecular formula is C25H30N2O7. The Kier molecular flexibility index (Phi) is 5.14. The number of anilines is 1. The predicted molar refractivity (Wildman–Crippen MR) is 124 cm³/mol. The van der Waals surface area contributed by atoms with Crippen LogP contribution in [0.25, 0.3) is 5.76 Å². The maximum absolute atomic E-state index is 13.6. The molecule has 0 aliphatic heterocycles. The van der Waals surface area contributed by atoms with Gasteiger partial charge in [0.05, 0.1) is 5.56 Å². The summed E-state index contributed by atoms with van der Waals surface area (Å²) in [7, 11) is 3.68. The van der Waals surface area contributed by atoms with E-state index in [1.807, 2.05) is 45.8 Å². The van der Waals surface area contributed by atoms with Crippen molar-refractivity contribution < 1.29 is 34.8 Å². The van der Waals surface area contributed by atoms with Gasteiger partial charge in [-0.3, -0.25) is 14.4 Å². The van der Waals surface area contributed by atoms with E-state index in [-0.39, 0.29) is 36.1 Å². The summed E-state index contributed by atoms with van der Waals surface area (Å²) >= 11 is 0. The Morgan fingerprint density at radius 2 is 1.76 bits per heavy atom. The molecule has 3 atom stereocenters. The standard InChI is InChI=1S/C25H30N2O7/c1-24(2,3)13-9-14(27(4)5)12-7-10-6-11-8-15(28)18(23(26)33)22(32)25(11,34)21(31)16(10)20(30)17(12)19(13)29/h9-11,29-30,32,34H,6-8H2,1-5H3,(H2,26,33)/t10-,11+,25+/m1/s1. The number of fused-ring (bicyclic) bond motifs is 3. The Bertz CT molecular complexity index is 1220. The van der Waals surface area contributed by atoms with Crippen LogP contribution in [0.15, 0.2) is 23.0 Å². The van der Waals surface area contributed by atoms with E-state index in [0.717, 1.165) is 5.69 Å². The first-order valence-corrected chi connectivity index (χ1v) is 11.2. The summed E-state index contributed by atoms with van der Waals surface area (Å²) in [4.78, 5) is 39.7. The SMILES string of the molecule is CN(C)c1cc(C(C)(C)C)c(O)c2c1C[C@H]1C[C@H]3CC(=O)C(C(N)=O)=C(O)[C@@]3(O)C(=O)C1=C2O. The van der Waals surface area contributed by atoms with E-state index in [0.29, 0.717) is 11.1 Å². The number of amides is 1. The third-order valence-electron chi connectivity index (χ3n) is 7.33. The first kappa shape index (κ1) is 23.8. The molecular weight excluding hydrogens is 440 g/mol. The predicted octanol–water partition coefficient (Wildman–Crippen LogP) is 1.79. The molecule has 9 nitrogen and oxygen atoms in total. The van der Waals surface area contributed by atoms with Crippen LogP contribution in [0.4, 0.5) is 5.69 Å². The molecule has 9 heteroatoms. The van der Waals surface area contributed by atoms with Crippen LogP contribution in [0.1, 0.15) is 50.3 Å². The number of phenolic OH excluding ortho intramolecular Hbond substituents is 1. The second-order valence-corrected chi connectivity index (χ2v) is 10.7. The number of carbonyl (C=O) groups excluding carboxylic acids is 3. The van der Waals surface area contributed by atoms with Gasteiger partial charge < -0.3 is 31.1 Å². The highest BCUT2D eigenvalue weighted by Crippen LogP contribution is 2.54. The largest absolute Gasteiger partial charge is 0.508 e. The number of benzene rings is 1. The van der Waals surface area contributed by atoms with Gasteiger partial charge in [-0.2, -0.15) is 0 Å². The average molecular weight is 471 g/mol. The summed E-state index contributed by atoms with van der Waals surface area (Å²) in [6.07, 6.45) is 0.0498. The summed E-state index contributed by atoms with van der Waals surface area (Å²) in [5, 5.41) is 44.5. The Morgan fingerprint density at radius 3 is 2.29 bits per heavy atom. The lowest BCUT2D eigenvalue weighted by Gasteiger charge is -2.46. The molecule has 0 bridgehead atoms. The third-order valence-corrected chi connectivity index (χ3v) is 7.33. The summed E-state index contributed by atoms with van der Waals surface area (Å²) in [5.41, 5.74) is 3.36. The number of aromatic hydroxyl groups is 1. The normalized spacial score (nSPS) is 26.8. The molecule has 1 amide bonds. The molecule has 182 valence electrons. The topological polar surface area (TPSA) is 161 Å². The number of primary amides is 1. The smallest absolute Gasteiger partial charge is 0.255 e. The van der Waals surface area contributed by atoms with Gasteiger partial charge in [0.1, 0.15) is 22.8 Å². The van der Waals surface area contributed by atoms with E-state index >= 15 is 0 Å². The summed E-state index contributed by atoms with van der Waals surface area (Å²) < 4.78 is 0. The minimum atomic E-state index is -2.56. The van der Waals surface area contributed by atoms with E-state index in [1.54, 1.807) is 0 Å². The van der Waals surface area contributed by atoms with E-state index in [4.69, 9.17) is 5.73 Å². The molecule has 0 radical (unpaired) electrons. The number of carbonyl (C=O) groups is 3. The molecule has 3 aliphatic carbocycles. The molecule has 1 aromatic carbocycles. The Labute approximate surface area is 197 Å². The van der Waals surface area contributed by atoms with Gasteiger partial charge in [-0.25, -0.2) is 0 Å². The lowest BCUT2D eigenvalue weighted by molar-refractivity contribution is -0.147. The van der Waals surface area contributed by atoms with Crippen molar-refractivity contribution in [2.45, 2.75) is 51.0 Å². The zero-order chi connectivity index (χ0) is 25.5. The third kappa shape index (κ3) is 3.06. The van der Waals surface area contributed by atoms with Crippen LogP contribution in [0.5, 0.6) is 5.75 Å². The van der Waals surface area contributed by atoms with Crippen LogP contribution in [-0.4, -0.2) is 57.6 Å². The van der Waals surface area contributed by atoms with Crippen molar-refractivity contribution in [3.05, 3.63) is 39.7 Å². The van der Waals surface area contributed by atoms with Crippen LogP contribution in [0.3, 0.4) is 0 Å². The average Bonchev–Trinajstić information content (AvgIpc) is 2.69. The fourth-order valence-corrected chi connectivity index (χ4v) is 5.64. The van der Waals surface area contributed by atoms with Gasteiger partial charge in [0.2, 0.25) is 5.78 Å². The van der Waals surface area contributed by atoms with Gasteiger partial charge in [-0.05, 0) is 35.8 Å². The van der Waals surface area contributed by atoms with Gasteiger partial charge in [-0.15, -0.1) is 0 Å². The Morgan fingerprint density at radius 1 is 1.15 bits per heavy atom. The highest BCUT2D eigenvalue weighted by atomic mass is 16.3. The van der Waals surface area contributed by atoms with E-state index < -0.39 is 57.4 Å². The number of hydrogen-bond acceptors (Lipinski definition) is 8. The molecule has 34 heavy (non-hydrogen) atoms. The lowest BCUT2D eigenvalue weighted by atomic mass is 9.59. The van der Waals surface area contributed by atoms with E-state index in [2.05, 4.69) is 0 Å². The van der Waals surface area contributed by atoms with Crippen LogP contribution in [0.2, 0.25) is 0 Å². The second kappa shape index (κ2) is 7.33. The number of aliphatic hydroxyl groups is 3. The minimum absolute atomic E-state index is 0.109. The van der Waals surface area contributed by atoms with Crippen molar-refractivity contribution in [1.82, 2.24) is 0 Å². The van der Waals surface area contributed by atoms with Crippen molar-refractivity contribution >= 4 is 28.9 Å². The van der Waals surface area contributed by atoms with Crippen molar-refractivity contribution in [3.63, 3.8) is 0 Å². The zero-order valence-corrected chi connectivity index (χ0v) is 19.9. The maximum Gasteiger partial charge on any atom is 0.255 e. The number of phenols is 1. The zero-order valence-electron chi connectivity index (χ0n) is 19.9. The molecule has 0 unspecified atom stereocenters. The molecule has 1 fully saturated rings. The minimum Gasteiger partial charge on any atom is -0.508 e. The summed E-state index contributed by atoms with van der Waals surface area (Å²) in [6.45, 7) is 5.74. The molecule has 1 saturated carbocycles. The molecule has 1 aromatic rings. The lowest BCUT2D eigenvalue weighted by Crippen LogP contribution is -2.58. The van der Waals surface area contributed by atoms with Crippen molar-refractivity contribution in [3.8, 4) is 5.75 Å². The molecule has 3 aliphatic rings. The number of nitrogens with two attached hydrogens (primary N) is 1. The maximum atomic E-state index is 13.6. The highest BCUT2D eigenvalue weighted by molar-refractivity contribution is 6.22. The first-order valence-electron chi connectivity index (χ1n) is 11.2. The van der Waals surface area contributed by atoms with Gasteiger partial charge in [0.15, 0.2) is 11.4 Å². The molecule has 0 heterocycles. The number of Topliss-reactive ketones (excluding diaryl/α,β-unsaturated/α-hetero) is 2. The monoisotopic (exact) mass is 470 g/mol. The molecule has 0 saturated heterocycles. The van der Waals surface area contributed by atoms with Gasteiger partial charge in [-0.1, -0.05) is 20.8 Å². The van der Waals surface area contributed by atoms with Crippen LogP contribution >= 0.6 is 0 Å².